The number of rotatable bonds is 6. The molecule has 2 nitrogen and oxygen atoms in total. The maximum atomic E-state index is 5.39. The minimum atomic E-state index is 0.283. The average molecular weight is 194 g/mol. The lowest BCUT2D eigenvalue weighted by Crippen LogP contribution is -2.09. The maximum Gasteiger partial charge on any atom is 0.147 e. The summed E-state index contributed by atoms with van der Waals surface area (Å²) in [6.45, 7) is 5.15. The molecule has 1 atom stereocenters. The minimum absolute atomic E-state index is 0.283. The molecular weight excluding hydrogens is 176 g/mol. The van der Waals surface area contributed by atoms with Crippen LogP contribution in [0.2, 0.25) is 0 Å². The Morgan fingerprint density at radius 2 is 1.93 bits per heavy atom. The quantitative estimate of drug-likeness (QED) is 0.512. The maximum absolute atomic E-state index is 5.39. The Morgan fingerprint density at radius 3 is 2.57 bits per heavy atom. The van der Waals surface area contributed by atoms with Gasteiger partial charge in [0.2, 0.25) is 0 Å². The van der Waals surface area contributed by atoms with E-state index < -0.39 is 0 Å². The zero-order valence-corrected chi connectivity index (χ0v) is 8.90. The van der Waals surface area contributed by atoms with Gasteiger partial charge in [0, 0.05) is 0 Å². The Morgan fingerprint density at radius 1 is 1.21 bits per heavy atom. The zero-order chi connectivity index (χ0) is 10.2. The lowest BCUT2D eigenvalue weighted by Gasteiger charge is -2.10. The van der Waals surface area contributed by atoms with Crippen LogP contribution in [0.15, 0.2) is 30.3 Å². The predicted octanol–water partition coefficient (Wildman–Crippen LogP) is 2.98. The van der Waals surface area contributed by atoms with Crippen molar-refractivity contribution in [1.29, 1.82) is 0 Å². The van der Waals surface area contributed by atoms with Gasteiger partial charge in [-0.15, -0.1) is 0 Å². The molecule has 0 bridgehead atoms. The van der Waals surface area contributed by atoms with Crippen molar-refractivity contribution in [2.75, 3.05) is 6.79 Å². The molecule has 78 valence electrons. The molecule has 0 aromatic heterocycles. The summed E-state index contributed by atoms with van der Waals surface area (Å²) < 4.78 is 10.8. The molecule has 0 spiro atoms. The van der Waals surface area contributed by atoms with E-state index in [-0.39, 0.29) is 6.10 Å². The van der Waals surface area contributed by atoms with E-state index in [2.05, 4.69) is 6.92 Å². The van der Waals surface area contributed by atoms with Gasteiger partial charge in [0.05, 0.1) is 12.7 Å². The topological polar surface area (TPSA) is 18.5 Å². The Kier molecular flexibility index (Phi) is 5.27. The van der Waals surface area contributed by atoms with Crippen molar-refractivity contribution in [3.63, 3.8) is 0 Å². The molecule has 14 heavy (non-hydrogen) atoms. The van der Waals surface area contributed by atoms with Crippen LogP contribution in [0.5, 0.6) is 0 Å². The summed E-state index contributed by atoms with van der Waals surface area (Å²) in [6.07, 6.45) is 1.31. The molecule has 0 aliphatic heterocycles. The van der Waals surface area contributed by atoms with Crippen molar-refractivity contribution >= 4 is 0 Å². The van der Waals surface area contributed by atoms with Crippen LogP contribution in [0.1, 0.15) is 25.8 Å². The zero-order valence-electron chi connectivity index (χ0n) is 8.90. The first-order valence-electron chi connectivity index (χ1n) is 5.06. The molecule has 0 fully saturated rings. The summed E-state index contributed by atoms with van der Waals surface area (Å²) in [4.78, 5) is 0. The van der Waals surface area contributed by atoms with E-state index in [1.165, 1.54) is 5.56 Å². The number of benzene rings is 1. The van der Waals surface area contributed by atoms with Gasteiger partial charge in [-0.3, -0.25) is 0 Å². The van der Waals surface area contributed by atoms with Crippen molar-refractivity contribution in [2.45, 2.75) is 33.0 Å². The number of ether oxygens (including phenoxy) is 2. The highest BCUT2D eigenvalue weighted by atomic mass is 16.7. The molecule has 1 rings (SSSR count). The molecule has 0 aliphatic rings. The molecule has 0 amide bonds. The SMILES string of the molecule is CCC(C)OCOCc1ccccc1. The first-order valence-corrected chi connectivity index (χ1v) is 5.06. The van der Waals surface area contributed by atoms with Gasteiger partial charge >= 0.3 is 0 Å². The fourth-order valence-electron chi connectivity index (χ4n) is 1.02. The van der Waals surface area contributed by atoms with Crippen molar-refractivity contribution < 1.29 is 9.47 Å². The van der Waals surface area contributed by atoms with Crippen LogP contribution in [-0.2, 0) is 16.1 Å². The third-order valence-electron chi connectivity index (χ3n) is 2.12. The molecule has 0 saturated heterocycles. The van der Waals surface area contributed by atoms with Crippen LogP contribution in [0, 0.1) is 0 Å². The van der Waals surface area contributed by atoms with Gasteiger partial charge in [-0.05, 0) is 18.9 Å². The van der Waals surface area contributed by atoms with E-state index in [9.17, 15) is 0 Å². The number of hydrogen-bond acceptors (Lipinski definition) is 2. The second-order valence-corrected chi connectivity index (χ2v) is 3.34. The van der Waals surface area contributed by atoms with Crippen LogP contribution in [0.3, 0.4) is 0 Å². The lowest BCUT2D eigenvalue weighted by molar-refractivity contribution is -0.0910. The molecule has 1 unspecified atom stereocenters. The van der Waals surface area contributed by atoms with Gasteiger partial charge in [-0.25, -0.2) is 0 Å². The van der Waals surface area contributed by atoms with Gasteiger partial charge < -0.3 is 9.47 Å². The van der Waals surface area contributed by atoms with Gasteiger partial charge in [0.1, 0.15) is 6.79 Å². The molecule has 0 aliphatic carbocycles. The standard InChI is InChI=1S/C12H18O2/c1-3-11(2)14-10-13-9-12-7-5-4-6-8-12/h4-8,11H,3,9-10H2,1-2H3. The Hall–Kier alpha value is -0.860. The van der Waals surface area contributed by atoms with Crippen molar-refractivity contribution in [3.05, 3.63) is 35.9 Å². The highest BCUT2D eigenvalue weighted by Gasteiger charge is 1.97. The predicted molar refractivity (Wildman–Crippen MR) is 56.9 cm³/mol. The fraction of sp³-hybridized carbons (Fsp3) is 0.500. The first-order chi connectivity index (χ1) is 6.83. The molecule has 2 heteroatoms. The smallest absolute Gasteiger partial charge is 0.147 e. The van der Waals surface area contributed by atoms with E-state index in [4.69, 9.17) is 9.47 Å². The van der Waals surface area contributed by atoms with E-state index in [0.717, 1.165) is 6.42 Å². The average Bonchev–Trinajstić information content (AvgIpc) is 2.25. The molecule has 1 aromatic carbocycles. The summed E-state index contributed by atoms with van der Waals surface area (Å²) in [6, 6.07) is 10.1. The summed E-state index contributed by atoms with van der Waals surface area (Å²) >= 11 is 0. The van der Waals surface area contributed by atoms with E-state index in [1.807, 2.05) is 37.3 Å². The second kappa shape index (κ2) is 6.57. The summed E-state index contributed by atoms with van der Waals surface area (Å²) in [5, 5.41) is 0. The summed E-state index contributed by atoms with van der Waals surface area (Å²) in [7, 11) is 0. The Balaban J connectivity index is 2.10. The van der Waals surface area contributed by atoms with E-state index in [1.54, 1.807) is 0 Å². The molecular formula is C12H18O2. The van der Waals surface area contributed by atoms with Crippen molar-refractivity contribution in [2.24, 2.45) is 0 Å². The summed E-state index contributed by atoms with van der Waals surface area (Å²) in [5.41, 5.74) is 1.18. The minimum Gasteiger partial charge on any atom is -0.352 e. The van der Waals surface area contributed by atoms with Crippen LogP contribution in [0.4, 0.5) is 0 Å². The molecule has 0 saturated carbocycles. The van der Waals surface area contributed by atoms with Crippen molar-refractivity contribution in [3.8, 4) is 0 Å². The van der Waals surface area contributed by atoms with Crippen LogP contribution in [-0.4, -0.2) is 12.9 Å². The highest BCUT2D eigenvalue weighted by molar-refractivity contribution is 5.13. The molecule has 0 radical (unpaired) electrons. The third kappa shape index (κ3) is 4.40. The normalized spacial score (nSPS) is 12.7. The number of hydrogen-bond donors (Lipinski definition) is 0. The molecule has 1 aromatic rings. The van der Waals surface area contributed by atoms with Crippen LogP contribution < -0.4 is 0 Å². The molecule has 0 N–H and O–H groups in total. The fourth-order valence-corrected chi connectivity index (χ4v) is 1.02. The highest BCUT2D eigenvalue weighted by Crippen LogP contribution is 2.01. The third-order valence-corrected chi connectivity index (χ3v) is 2.12. The molecule has 0 heterocycles. The summed E-state index contributed by atoms with van der Waals surface area (Å²) in [5.74, 6) is 0. The van der Waals surface area contributed by atoms with E-state index >= 15 is 0 Å². The van der Waals surface area contributed by atoms with Gasteiger partial charge in [-0.2, -0.15) is 0 Å². The van der Waals surface area contributed by atoms with Crippen molar-refractivity contribution in [1.82, 2.24) is 0 Å². The lowest BCUT2D eigenvalue weighted by atomic mass is 10.2. The van der Waals surface area contributed by atoms with Gasteiger partial charge in [0.15, 0.2) is 0 Å². The first kappa shape index (κ1) is 11.2. The van der Waals surface area contributed by atoms with Gasteiger partial charge in [-0.1, -0.05) is 37.3 Å². The van der Waals surface area contributed by atoms with Crippen LogP contribution >= 0.6 is 0 Å². The Labute approximate surface area is 85.8 Å². The van der Waals surface area contributed by atoms with Gasteiger partial charge in [0.25, 0.3) is 0 Å². The van der Waals surface area contributed by atoms with E-state index in [0.29, 0.717) is 13.4 Å². The monoisotopic (exact) mass is 194 g/mol. The Bertz CT molecular complexity index is 233. The second-order valence-electron chi connectivity index (χ2n) is 3.34. The largest absolute Gasteiger partial charge is 0.352 e. The van der Waals surface area contributed by atoms with Crippen LogP contribution in [0.25, 0.3) is 0 Å².